The first-order chi connectivity index (χ1) is 8.74. The quantitative estimate of drug-likeness (QED) is 0.635. The molecule has 0 aromatic carbocycles. The number of carbonyl (C=O) groups is 1. The normalized spacial score (nSPS) is 11.4. The van der Waals surface area contributed by atoms with Gasteiger partial charge in [-0.25, -0.2) is 8.78 Å². The minimum atomic E-state index is -4.28. The largest absolute Gasteiger partial charge is 0.389 e. The molecule has 0 radical (unpaired) electrons. The molecule has 0 aliphatic heterocycles. The standard InChI is InChI=1S/C10H9F4N3OS/c11-9(12)10(13,14)4-17-8(18)6-2-1-5(3-16-6)7(15)19/h1-3,9H,4H2,(H2,15,19)(H,17,18). The van der Waals surface area contributed by atoms with Crippen molar-refractivity contribution in [2.75, 3.05) is 6.54 Å². The van der Waals surface area contributed by atoms with Crippen LogP contribution in [0.1, 0.15) is 16.1 Å². The van der Waals surface area contributed by atoms with Gasteiger partial charge >= 0.3 is 12.3 Å². The molecule has 104 valence electrons. The molecule has 1 amide bonds. The number of alkyl halides is 4. The predicted octanol–water partition coefficient (Wildman–Crippen LogP) is 1.35. The minimum absolute atomic E-state index is 0.0590. The topological polar surface area (TPSA) is 68.0 Å². The van der Waals surface area contributed by atoms with E-state index in [1.807, 2.05) is 0 Å². The zero-order chi connectivity index (χ0) is 14.6. The lowest BCUT2D eigenvalue weighted by atomic mass is 10.2. The number of pyridine rings is 1. The highest BCUT2D eigenvalue weighted by Crippen LogP contribution is 2.21. The van der Waals surface area contributed by atoms with Crippen LogP contribution in [0.4, 0.5) is 17.6 Å². The van der Waals surface area contributed by atoms with Crippen molar-refractivity contribution < 1.29 is 22.4 Å². The molecule has 0 fully saturated rings. The number of halogens is 4. The van der Waals surface area contributed by atoms with Gasteiger partial charge in [0.1, 0.15) is 10.7 Å². The third-order valence-electron chi connectivity index (χ3n) is 2.08. The third kappa shape index (κ3) is 4.12. The van der Waals surface area contributed by atoms with Crippen LogP contribution in [-0.4, -0.2) is 34.8 Å². The molecule has 0 saturated carbocycles. The molecule has 0 atom stereocenters. The molecule has 0 saturated heterocycles. The maximum Gasteiger partial charge on any atom is 0.324 e. The van der Waals surface area contributed by atoms with Gasteiger partial charge in [-0.2, -0.15) is 8.78 Å². The Morgan fingerprint density at radius 1 is 1.47 bits per heavy atom. The van der Waals surface area contributed by atoms with Crippen LogP contribution in [0.2, 0.25) is 0 Å². The van der Waals surface area contributed by atoms with Gasteiger partial charge in [-0.3, -0.25) is 9.78 Å². The molecule has 3 N–H and O–H groups in total. The van der Waals surface area contributed by atoms with E-state index in [-0.39, 0.29) is 10.7 Å². The molecular formula is C10H9F4N3OS. The average Bonchev–Trinajstić information content (AvgIpc) is 2.36. The molecule has 1 heterocycles. The molecule has 0 bridgehead atoms. The summed E-state index contributed by atoms with van der Waals surface area (Å²) in [6.07, 6.45) is -2.67. The Morgan fingerprint density at radius 2 is 2.11 bits per heavy atom. The van der Waals surface area contributed by atoms with Crippen molar-refractivity contribution in [3.63, 3.8) is 0 Å². The van der Waals surface area contributed by atoms with Crippen molar-refractivity contribution in [3.05, 3.63) is 29.6 Å². The molecule has 0 aliphatic carbocycles. The van der Waals surface area contributed by atoms with Gasteiger partial charge in [0.05, 0.1) is 6.54 Å². The molecule has 1 aromatic rings. The summed E-state index contributed by atoms with van der Waals surface area (Å²) >= 11 is 4.65. The van der Waals surface area contributed by atoms with Gasteiger partial charge in [0.2, 0.25) is 0 Å². The van der Waals surface area contributed by atoms with Crippen LogP contribution in [0.3, 0.4) is 0 Å². The number of rotatable bonds is 5. The fourth-order valence-electron chi connectivity index (χ4n) is 1.04. The molecule has 19 heavy (non-hydrogen) atoms. The van der Waals surface area contributed by atoms with E-state index in [2.05, 4.69) is 17.2 Å². The molecular weight excluding hydrogens is 286 g/mol. The molecule has 0 aliphatic rings. The number of hydrogen-bond donors (Lipinski definition) is 2. The highest BCUT2D eigenvalue weighted by Gasteiger charge is 2.40. The van der Waals surface area contributed by atoms with Crippen LogP contribution in [0, 0.1) is 0 Å². The van der Waals surface area contributed by atoms with Crippen LogP contribution < -0.4 is 11.1 Å². The average molecular weight is 295 g/mol. The zero-order valence-electron chi connectivity index (χ0n) is 9.37. The monoisotopic (exact) mass is 295 g/mol. The number of amides is 1. The second kappa shape index (κ2) is 5.91. The van der Waals surface area contributed by atoms with E-state index in [0.29, 0.717) is 5.56 Å². The van der Waals surface area contributed by atoms with Crippen molar-refractivity contribution in [2.24, 2.45) is 5.73 Å². The van der Waals surface area contributed by atoms with Gasteiger partial charge in [0.15, 0.2) is 0 Å². The number of aromatic nitrogens is 1. The Kier molecular flexibility index (Phi) is 4.76. The van der Waals surface area contributed by atoms with Gasteiger partial charge < -0.3 is 11.1 Å². The van der Waals surface area contributed by atoms with E-state index in [9.17, 15) is 22.4 Å². The highest BCUT2D eigenvalue weighted by molar-refractivity contribution is 7.80. The Hall–Kier alpha value is -1.77. The summed E-state index contributed by atoms with van der Waals surface area (Å²) in [5.74, 6) is -5.27. The van der Waals surface area contributed by atoms with Gasteiger partial charge in [-0.1, -0.05) is 12.2 Å². The highest BCUT2D eigenvalue weighted by atomic mass is 32.1. The van der Waals surface area contributed by atoms with E-state index < -0.39 is 24.8 Å². The van der Waals surface area contributed by atoms with Gasteiger partial charge in [0.25, 0.3) is 5.91 Å². The number of nitrogens with one attached hydrogen (secondary N) is 1. The Bertz CT molecular complexity index is 478. The van der Waals surface area contributed by atoms with Crippen molar-refractivity contribution in [3.8, 4) is 0 Å². The summed E-state index contributed by atoms with van der Waals surface area (Å²) in [4.78, 5) is 15.1. The number of nitrogens with two attached hydrogens (primary N) is 1. The Balaban J connectivity index is 2.66. The first-order valence-corrected chi connectivity index (χ1v) is 5.35. The molecule has 0 unspecified atom stereocenters. The van der Waals surface area contributed by atoms with E-state index in [4.69, 9.17) is 5.73 Å². The first-order valence-electron chi connectivity index (χ1n) is 4.94. The van der Waals surface area contributed by atoms with Gasteiger partial charge in [0, 0.05) is 11.8 Å². The van der Waals surface area contributed by atoms with Crippen molar-refractivity contribution in [1.29, 1.82) is 0 Å². The second-order valence-corrected chi connectivity index (χ2v) is 3.98. The summed E-state index contributed by atoms with van der Waals surface area (Å²) in [7, 11) is 0. The SMILES string of the molecule is NC(=S)c1ccc(C(=O)NCC(F)(F)C(F)F)nc1. The van der Waals surface area contributed by atoms with E-state index in [0.717, 1.165) is 0 Å². The van der Waals surface area contributed by atoms with Crippen LogP contribution >= 0.6 is 12.2 Å². The summed E-state index contributed by atoms with van der Waals surface area (Å²) in [5.41, 5.74) is 5.49. The summed E-state index contributed by atoms with van der Waals surface area (Å²) < 4.78 is 48.9. The second-order valence-electron chi connectivity index (χ2n) is 3.54. The smallest absolute Gasteiger partial charge is 0.324 e. The minimum Gasteiger partial charge on any atom is -0.389 e. The van der Waals surface area contributed by atoms with E-state index in [1.165, 1.54) is 18.3 Å². The summed E-state index contributed by atoms with van der Waals surface area (Å²) in [6.45, 7) is -1.47. The first kappa shape index (κ1) is 15.3. The molecule has 0 spiro atoms. The zero-order valence-corrected chi connectivity index (χ0v) is 10.2. The van der Waals surface area contributed by atoms with Crippen LogP contribution in [0.25, 0.3) is 0 Å². The number of hydrogen-bond acceptors (Lipinski definition) is 3. The number of nitrogens with zero attached hydrogens (tertiary/aromatic N) is 1. The third-order valence-corrected chi connectivity index (χ3v) is 2.32. The molecule has 1 aromatic heterocycles. The lowest BCUT2D eigenvalue weighted by molar-refractivity contribution is -0.123. The van der Waals surface area contributed by atoms with Gasteiger partial charge in [-0.15, -0.1) is 0 Å². The lowest BCUT2D eigenvalue weighted by Crippen LogP contribution is -2.41. The maximum atomic E-state index is 12.6. The van der Waals surface area contributed by atoms with Crippen molar-refractivity contribution in [1.82, 2.24) is 10.3 Å². The van der Waals surface area contributed by atoms with E-state index in [1.54, 1.807) is 5.32 Å². The molecule has 1 rings (SSSR count). The van der Waals surface area contributed by atoms with Crippen LogP contribution in [0.5, 0.6) is 0 Å². The van der Waals surface area contributed by atoms with Crippen molar-refractivity contribution in [2.45, 2.75) is 12.3 Å². The van der Waals surface area contributed by atoms with Gasteiger partial charge in [-0.05, 0) is 12.1 Å². The summed E-state index contributed by atoms with van der Waals surface area (Å²) in [5, 5.41) is 1.67. The Morgan fingerprint density at radius 3 is 2.53 bits per heavy atom. The lowest BCUT2D eigenvalue weighted by Gasteiger charge is -2.15. The predicted molar refractivity (Wildman–Crippen MR) is 63.4 cm³/mol. The number of carbonyl (C=O) groups excluding carboxylic acids is 1. The van der Waals surface area contributed by atoms with Crippen molar-refractivity contribution >= 4 is 23.1 Å². The molecule has 9 heteroatoms. The summed E-state index contributed by atoms with van der Waals surface area (Å²) in [6, 6.07) is 2.57. The molecule has 4 nitrogen and oxygen atoms in total. The number of thiocarbonyl (C=S) groups is 1. The fourth-order valence-corrected chi connectivity index (χ4v) is 1.16. The maximum absolute atomic E-state index is 12.6. The van der Waals surface area contributed by atoms with Crippen LogP contribution in [-0.2, 0) is 0 Å². The van der Waals surface area contributed by atoms with E-state index >= 15 is 0 Å². The van der Waals surface area contributed by atoms with Crippen LogP contribution in [0.15, 0.2) is 18.3 Å². The Labute approximate surface area is 111 Å². The fraction of sp³-hybridized carbons (Fsp3) is 0.300.